The Morgan fingerprint density at radius 1 is 1.20 bits per heavy atom. The number of nitrogens with zero attached hydrogens (tertiary/aromatic N) is 2. The van der Waals surface area contributed by atoms with Crippen LogP contribution in [0.1, 0.15) is 23.8 Å². The molecule has 1 aliphatic rings. The molecule has 25 heavy (non-hydrogen) atoms. The summed E-state index contributed by atoms with van der Waals surface area (Å²) < 4.78 is 0. The maximum absolute atomic E-state index is 12.5. The molecular weight excluding hydrogens is 316 g/mol. The minimum Gasteiger partial charge on any atom is -0.346 e. The van der Waals surface area contributed by atoms with E-state index in [1.165, 1.54) is 0 Å². The molecule has 1 aliphatic heterocycles. The van der Waals surface area contributed by atoms with Gasteiger partial charge in [0.2, 0.25) is 0 Å². The van der Waals surface area contributed by atoms with Crippen LogP contribution in [0.2, 0.25) is 0 Å². The van der Waals surface area contributed by atoms with Crippen LogP contribution < -0.4 is 10.6 Å². The number of nitrogens with one attached hydrogen (secondary N) is 2. The highest BCUT2D eigenvalue weighted by atomic mass is 16.2. The van der Waals surface area contributed by atoms with Gasteiger partial charge in [0.1, 0.15) is 5.69 Å². The van der Waals surface area contributed by atoms with Crippen molar-refractivity contribution in [3.05, 3.63) is 54.4 Å². The molecule has 0 aliphatic carbocycles. The molecule has 1 aromatic heterocycles. The quantitative estimate of drug-likeness (QED) is 0.898. The zero-order valence-electron chi connectivity index (χ0n) is 14.2. The third kappa shape index (κ3) is 4.15. The number of likely N-dealkylation sites (tertiary alicyclic amines) is 1. The Bertz CT molecular complexity index is 748. The van der Waals surface area contributed by atoms with E-state index in [-0.39, 0.29) is 18.0 Å². The van der Waals surface area contributed by atoms with E-state index in [0.29, 0.717) is 25.3 Å². The second kappa shape index (κ2) is 7.79. The minimum atomic E-state index is -0.208. The van der Waals surface area contributed by atoms with Gasteiger partial charge in [0.15, 0.2) is 0 Å². The number of aromatic nitrogens is 1. The topological polar surface area (TPSA) is 74.3 Å². The molecule has 0 saturated carbocycles. The van der Waals surface area contributed by atoms with E-state index in [1.54, 1.807) is 17.2 Å². The number of urea groups is 1. The standard InChI is InChI=1S/C19H22N4O2/c1-2-20-19(25)23-11-9-16(13-23)22-18(24)17-12-15(8-10-21-17)14-6-4-3-5-7-14/h3-8,10,12,16H,2,9,11,13H2,1H3,(H,20,25)(H,22,24). The number of rotatable bonds is 4. The first-order chi connectivity index (χ1) is 12.2. The molecule has 1 saturated heterocycles. The van der Waals surface area contributed by atoms with Crippen molar-refractivity contribution in [2.24, 2.45) is 0 Å². The number of amides is 3. The summed E-state index contributed by atoms with van der Waals surface area (Å²) in [6, 6.07) is 13.4. The predicted octanol–water partition coefficient (Wildman–Crippen LogP) is 2.28. The summed E-state index contributed by atoms with van der Waals surface area (Å²) in [6.07, 6.45) is 2.40. The van der Waals surface area contributed by atoms with E-state index in [4.69, 9.17) is 0 Å². The molecule has 0 radical (unpaired) electrons. The van der Waals surface area contributed by atoms with Crippen molar-refractivity contribution in [1.29, 1.82) is 0 Å². The zero-order valence-corrected chi connectivity index (χ0v) is 14.2. The lowest BCUT2D eigenvalue weighted by Crippen LogP contribution is -2.42. The van der Waals surface area contributed by atoms with Crippen LogP contribution in [0, 0.1) is 0 Å². The normalized spacial score (nSPS) is 16.5. The highest BCUT2D eigenvalue weighted by Crippen LogP contribution is 2.19. The van der Waals surface area contributed by atoms with Crippen molar-refractivity contribution in [3.63, 3.8) is 0 Å². The molecule has 0 spiro atoms. The Kier molecular flexibility index (Phi) is 5.28. The summed E-state index contributed by atoms with van der Waals surface area (Å²) in [5.74, 6) is -0.208. The van der Waals surface area contributed by atoms with Gasteiger partial charge in [-0.2, -0.15) is 0 Å². The maximum atomic E-state index is 12.5. The van der Waals surface area contributed by atoms with Crippen LogP contribution in [0.4, 0.5) is 4.79 Å². The van der Waals surface area contributed by atoms with Gasteiger partial charge in [0.25, 0.3) is 5.91 Å². The fourth-order valence-corrected chi connectivity index (χ4v) is 2.95. The number of hydrogen-bond acceptors (Lipinski definition) is 3. The van der Waals surface area contributed by atoms with Crippen LogP contribution in [-0.4, -0.2) is 47.5 Å². The molecule has 1 fully saturated rings. The van der Waals surface area contributed by atoms with Crippen molar-refractivity contribution in [2.75, 3.05) is 19.6 Å². The second-order valence-corrected chi connectivity index (χ2v) is 6.04. The van der Waals surface area contributed by atoms with Crippen molar-refractivity contribution >= 4 is 11.9 Å². The lowest BCUT2D eigenvalue weighted by Gasteiger charge is -2.17. The number of pyridine rings is 1. The number of hydrogen-bond donors (Lipinski definition) is 2. The predicted molar refractivity (Wildman–Crippen MR) is 96.2 cm³/mol. The van der Waals surface area contributed by atoms with Gasteiger partial charge < -0.3 is 15.5 Å². The third-order valence-electron chi connectivity index (χ3n) is 4.24. The zero-order chi connectivity index (χ0) is 17.6. The summed E-state index contributed by atoms with van der Waals surface area (Å²) in [4.78, 5) is 30.2. The van der Waals surface area contributed by atoms with Crippen LogP contribution in [0.5, 0.6) is 0 Å². The summed E-state index contributed by atoms with van der Waals surface area (Å²) in [7, 11) is 0. The van der Waals surface area contributed by atoms with Gasteiger partial charge in [0.05, 0.1) is 0 Å². The van der Waals surface area contributed by atoms with E-state index in [1.807, 2.05) is 43.3 Å². The minimum absolute atomic E-state index is 0.0442. The van der Waals surface area contributed by atoms with Gasteiger partial charge in [0, 0.05) is 31.9 Å². The van der Waals surface area contributed by atoms with E-state index < -0.39 is 0 Å². The van der Waals surface area contributed by atoms with Gasteiger partial charge in [-0.15, -0.1) is 0 Å². The van der Waals surface area contributed by atoms with Crippen LogP contribution in [0.3, 0.4) is 0 Å². The molecule has 1 aromatic carbocycles. The summed E-state index contributed by atoms with van der Waals surface area (Å²) in [5.41, 5.74) is 2.39. The first kappa shape index (κ1) is 17.0. The first-order valence-electron chi connectivity index (χ1n) is 8.52. The van der Waals surface area contributed by atoms with Crippen molar-refractivity contribution in [3.8, 4) is 11.1 Å². The molecule has 1 atom stereocenters. The van der Waals surface area contributed by atoms with Crippen LogP contribution in [0.15, 0.2) is 48.7 Å². The Labute approximate surface area is 147 Å². The third-order valence-corrected chi connectivity index (χ3v) is 4.24. The molecule has 0 bridgehead atoms. The largest absolute Gasteiger partial charge is 0.346 e. The lowest BCUT2D eigenvalue weighted by molar-refractivity contribution is 0.0933. The van der Waals surface area contributed by atoms with E-state index in [0.717, 1.165) is 17.5 Å². The summed E-state index contributed by atoms with van der Waals surface area (Å²) in [6.45, 7) is 3.66. The van der Waals surface area contributed by atoms with Crippen molar-refractivity contribution < 1.29 is 9.59 Å². The van der Waals surface area contributed by atoms with Crippen LogP contribution in [-0.2, 0) is 0 Å². The van der Waals surface area contributed by atoms with E-state index in [2.05, 4.69) is 15.6 Å². The lowest BCUT2D eigenvalue weighted by atomic mass is 10.1. The first-order valence-corrected chi connectivity index (χ1v) is 8.52. The molecular formula is C19H22N4O2. The van der Waals surface area contributed by atoms with Crippen molar-refractivity contribution in [2.45, 2.75) is 19.4 Å². The number of carbonyl (C=O) groups is 2. The van der Waals surface area contributed by atoms with E-state index in [9.17, 15) is 9.59 Å². The average Bonchev–Trinajstić information content (AvgIpc) is 3.11. The Morgan fingerprint density at radius 3 is 2.76 bits per heavy atom. The molecule has 2 heterocycles. The molecule has 3 rings (SSSR count). The van der Waals surface area contributed by atoms with Crippen LogP contribution >= 0.6 is 0 Å². The van der Waals surface area contributed by atoms with Gasteiger partial charge >= 0.3 is 6.03 Å². The molecule has 3 amide bonds. The molecule has 2 N–H and O–H groups in total. The Morgan fingerprint density at radius 2 is 2.00 bits per heavy atom. The fraction of sp³-hybridized carbons (Fsp3) is 0.316. The SMILES string of the molecule is CCNC(=O)N1CCC(NC(=O)c2cc(-c3ccccc3)ccn2)C1. The van der Waals surface area contributed by atoms with Gasteiger partial charge in [-0.3, -0.25) is 9.78 Å². The smallest absolute Gasteiger partial charge is 0.317 e. The molecule has 1 unspecified atom stereocenters. The highest BCUT2D eigenvalue weighted by molar-refractivity contribution is 5.93. The Hall–Kier alpha value is -2.89. The highest BCUT2D eigenvalue weighted by Gasteiger charge is 2.27. The van der Waals surface area contributed by atoms with Crippen molar-refractivity contribution in [1.82, 2.24) is 20.5 Å². The summed E-state index contributed by atoms with van der Waals surface area (Å²) in [5, 5.41) is 5.76. The molecule has 6 heteroatoms. The monoisotopic (exact) mass is 338 g/mol. The maximum Gasteiger partial charge on any atom is 0.317 e. The Balaban J connectivity index is 1.64. The van der Waals surface area contributed by atoms with Crippen LogP contribution in [0.25, 0.3) is 11.1 Å². The van der Waals surface area contributed by atoms with E-state index >= 15 is 0 Å². The van der Waals surface area contributed by atoms with Gasteiger partial charge in [-0.1, -0.05) is 30.3 Å². The molecule has 6 nitrogen and oxygen atoms in total. The molecule has 130 valence electrons. The average molecular weight is 338 g/mol. The second-order valence-electron chi connectivity index (χ2n) is 6.04. The number of benzene rings is 1. The van der Waals surface area contributed by atoms with Gasteiger partial charge in [-0.25, -0.2) is 4.79 Å². The molecule has 2 aromatic rings. The fourth-order valence-electron chi connectivity index (χ4n) is 2.95. The number of carbonyl (C=O) groups excluding carboxylic acids is 2. The van der Waals surface area contributed by atoms with Gasteiger partial charge in [-0.05, 0) is 36.6 Å². The summed E-state index contributed by atoms with van der Waals surface area (Å²) >= 11 is 0.